The molecule has 0 aliphatic heterocycles. The summed E-state index contributed by atoms with van der Waals surface area (Å²) in [5.74, 6) is 8.29. The van der Waals surface area contributed by atoms with Crippen molar-refractivity contribution >= 4 is 22.7 Å². The van der Waals surface area contributed by atoms with Gasteiger partial charge >= 0.3 is 0 Å². The van der Waals surface area contributed by atoms with Crippen molar-refractivity contribution in [1.29, 1.82) is 0 Å². The molecule has 1 heterocycles. The third-order valence-electron chi connectivity index (χ3n) is 4.81. The van der Waals surface area contributed by atoms with Gasteiger partial charge in [0.25, 0.3) is 0 Å². The number of benzene rings is 1. The van der Waals surface area contributed by atoms with Crippen molar-refractivity contribution in [3.8, 4) is 0 Å². The summed E-state index contributed by atoms with van der Waals surface area (Å²) < 4.78 is 0. The molecule has 21 heavy (non-hydrogen) atoms. The van der Waals surface area contributed by atoms with Gasteiger partial charge < -0.3 is 5.32 Å². The predicted molar refractivity (Wildman–Crippen MR) is 86.9 cm³/mol. The van der Waals surface area contributed by atoms with Crippen molar-refractivity contribution in [2.24, 2.45) is 17.7 Å². The highest BCUT2D eigenvalue weighted by Crippen LogP contribution is 2.36. The molecule has 3 atom stereocenters. The Bertz CT molecular complexity index is 627. The van der Waals surface area contributed by atoms with E-state index in [0.29, 0.717) is 17.9 Å². The van der Waals surface area contributed by atoms with Gasteiger partial charge in [0.05, 0.1) is 5.52 Å². The molecule has 2 aromatic rings. The van der Waals surface area contributed by atoms with Crippen molar-refractivity contribution in [1.82, 2.24) is 9.97 Å². The molecule has 3 unspecified atom stereocenters. The van der Waals surface area contributed by atoms with Crippen molar-refractivity contribution in [3.63, 3.8) is 0 Å². The Labute approximate surface area is 125 Å². The molecule has 112 valence electrons. The number of hydrogen-bond donors (Lipinski definition) is 3. The van der Waals surface area contributed by atoms with Crippen LogP contribution in [-0.2, 0) is 0 Å². The van der Waals surface area contributed by atoms with Gasteiger partial charge in [-0.25, -0.2) is 10.8 Å². The van der Waals surface area contributed by atoms with Crippen molar-refractivity contribution in [2.75, 3.05) is 10.7 Å². The molecule has 0 bridgehead atoms. The first-order valence-corrected chi connectivity index (χ1v) is 7.72. The number of hydrazine groups is 1. The van der Waals surface area contributed by atoms with Gasteiger partial charge in [0.2, 0.25) is 5.95 Å². The van der Waals surface area contributed by atoms with Crippen LogP contribution in [-0.4, -0.2) is 16.0 Å². The fourth-order valence-corrected chi connectivity index (χ4v) is 3.45. The Balaban J connectivity index is 1.93. The first kappa shape index (κ1) is 14.1. The molecule has 3 rings (SSSR count). The normalized spacial score (nSPS) is 25.2. The maximum Gasteiger partial charge on any atom is 0.239 e. The molecule has 1 aliphatic carbocycles. The van der Waals surface area contributed by atoms with E-state index in [9.17, 15) is 0 Å². The Hall–Kier alpha value is -1.88. The maximum absolute atomic E-state index is 5.49. The van der Waals surface area contributed by atoms with Crippen LogP contribution < -0.4 is 16.6 Å². The molecule has 1 aliphatic rings. The van der Waals surface area contributed by atoms with E-state index in [1.807, 2.05) is 18.2 Å². The zero-order chi connectivity index (χ0) is 14.8. The summed E-state index contributed by atoms with van der Waals surface area (Å²) in [7, 11) is 0. The molecular formula is C16H23N5. The summed E-state index contributed by atoms with van der Waals surface area (Å²) in [6.45, 7) is 4.62. The van der Waals surface area contributed by atoms with Gasteiger partial charge in [0, 0.05) is 11.4 Å². The average Bonchev–Trinajstić information content (AvgIpc) is 2.87. The second kappa shape index (κ2) is 5.85. The zero-order valence-corrected chi connectivity index (χ0v) is 12.6. The van der Waals surface area contributed by atoms with Crippen molar-refractivity contribution < 1.29 is 0 Å². The minimum Gasteiger partial charge on any atom is -0.366 e. The topological polar surface area (TPSA) is 75.9 Å². The van der Waals surface area contributed by atoms with E-state index in [0.717, 1.165) is 22.6 Å². The van der Waals surface area contributed by atoms with Gasteiger partial charge in [-0.2, -0.15) is 4.98 Å². The lowest BCUT2D eigenvalue weighted by atomic mass is 9.93. The largest absolute Gasteiger partial charge is 0.366 e. The van der Waals surface area contributed by atoms with Crippen LogP contribution in [0, 0.1) is 11.8 Å². The number of nitrogen functional groups attached to an aromatic ring is 1. The fraction of sp³-hybridized carbons (Fsp3) is 0.500. The van der Waals surface area contributed by atoms with E-state index in [4.69, 9.17) is 5.84 Å². The molecule has 5 heteroatoms. The van der Waals surface area contributed by atoms with E-state index >= 15 is 0 Å². The van der Waals surface area contributed by atoms with Gasteiger partial charge in [-0.15, -0.1) is 0 Å². The second-order valence-electron chi connectivity index (χ2n) is 5.91. The summed E-state index contributed by atoms with van der Waals surface area (Å²) in [6.07, 6.45) is 3.74. The predicted octanol–water partition coefficient (Wildman–Crippen LogP) is 3.15. The van der Waals surface area contributed by atoms with Gasteiger partial charge in [0.15, 0.2) is 0 Å². The van der Waals surface area contributed by atoms with Crippen LogP contribution in [0.25, 0.3) is 10.9 Å². The maximum atomic E-state index is 5.49. The molecule has 0 amide bonds. The minimum atomic E-state index is 0.453. The van der Waals surface area contributed by atoms with Crippen LogP contribution in [0.2, 0.25) is 0 Å². The number of nitrogens with zero attached hydrogens (tertiary/aromatic N) is 2. The van der Waals surface area contributed by atoms with Gasteiger partial charge in [-0.3, -0.25) is 5.43 Å². The molecule has 0 saturated heterocycles. The Morgan fingerprint density at radius 3 is 2.76 bits per heavy atom. The molecule has 0 spiro atoms. The number of anilines is 2. The van der Waals surface area contributed by atoms with E-state index in [-0.39, 0.29) is 0 Å². The number of aromatic nitrogens is 2. The molecule has 4 N–H and O–H groups in total. The fourth-order valence-electron chi connectivity index (χ4n) is 3.45. The Kier molecular flexibility index (Phi) is 3.92. The highest BCUT2D eigenvalue weighted by molar-refractivity contribution is 5.90. The highest BCUT2D eigenvalue weighted by Gasteiger charge is 2.31. The van der Waals surface area contributed by atoms with Crippen molar-refractivity contribution in [3.05, 3.63) is 24.3 Å². The molecule has 1 aromatic carbocycles. The summed E-state index contributed by atoms with van der Waals surface area (Å²) in [6, 6.07) is 8.49. The van der Waals surface area contributed by atoms with Crippen molar-refractivity contribution in [2.45, 2.75) is 39.2 Å². The number of rotatable bonds is 4. The van der Waals surface area contributed by atoms with Gasteiger partial charge in [-0.1, -0.05) is 32.4 Å². The summed E-state index contributed by atoms with van der Waals surface area (Å²) in [5.41, 5.74) is 3.46. The quantitative estimate of drug-likeness (QED) is 0.594. The third-order valence-corrected chi connectivity index (χ3v) is 4.81. The lowest BCUT2D eigenvalue weighted by Crippen LogP contribution is -2.25. The monoisotopic (exact) mass is 285 g/mol. The summed E-state index contributed by atoms with van der Waals surface area (Å²) in [5, 5.41) is 4.67. The second-order valence-corrected chi connectivity index (χ2v) is 5.91. The standard InChI is InChI=1S/C16H23N5/c1-3-11-8-9-13(10(11)2)18-15-12-6-4-5-7-14(12)19-16(20-15)21-17/h4-7,10-11,13H,3,8-9,17H2,1-2H3,(H2,18,19,20,21). The smallest absolute Gasteiger partial charge is 0.239 e. The van der Waals surface area contributed by atoms with Crippen LogP contribution >= 0.6 is 0 Å². The van der Waals surface area contributed by atoms with Crippen LogP contribution in [0.4, 0.5) is 11.8 Å². The average molecular weight is 285 g/mol. The van der Waals surface area contributed by atoms with E-state index in [2.05, 4.69) is 40.6 Å². The van der Waals surface area contributed by atoms with Gasteiger partial charge in [-0.05, 0) is 36.8 Å². The van der Waals surface area contributed by atoms with E-state index < -0.39 is 0 Å². The van der Waals surface area contributed by atoms with Crippen LogP contribution in [0.3, 0.4) is 0 Å². The minimum absolute atomic E-state index is 0.453. The molecule has 5 nitrogen and oxygen atoms in total. The van der Waals surface area contributed by atoms with E-state index in [1.165, 1.54) is 19.3 Å². The van der Waals surface area contributed by atoms with Crippen LogP contribution in [0.15, 0.2) is 24.3 Å². The van der Waals surface area contributed by atoms with E-state index in [1.54, 1.807) is 0 Å². The first-order valence-electron chi connectivity index (χ1n) is 7.72. The number of hydrogen-bond acceptors (Lipinski definition) is 5. The number of nitrogens with one attached hydrogen (secondary N) is 2. The molecule has 1 fully saturated rings. The number of nitrogens with two attached hydrogens (primary N) is 1. The molecular weight excluding hydrogens is 262 g/mol. The van der Waals surface area contributed by atoms with Crippen LogP contribution in [0.5, 0.6) is 0 Å². The van der Waals surface area contributed by atoms with Gasteiger partial charge in [0.1, 0.15) is 5.82 Å². The number of para-hydroxylation sites is 1. The Morgan fingerprint density at radius 1 is 1.24 bits per heavy atom. The molecule has 1 saturated carbocycles. The SMILES string of the molecule is CCC1CCC(Nc2nc(NN)nc3ccccc23)C1C. The Morgan fingerprint density at radius 2 is 2.05 bits per heavy atom. The lowest BCUT2D eigenvalue weighted by molar-refractivity contribution is 0.391. The van der Waals surface area contributed by atoms with Crippen LogP contribution in [0.1, 0.15) is 33.1 Å². The number of fused-ring (bicyclic) bond motifs is 1. The zero-order valence-electron chi connectivity index (χ0n) is 12.6. The molecule has 1 aromatic heterocycles. The lowest BCUT2D eigenvalue weighted by Gasteiger charge is -2.22. The molecule has 0 radical (unpaired) electrons. The first-order chi connectivity index (χ1) is 10.2. The highest BCUT2D eigenvalue weighted by atomic mass is 15.3. The third kappa shape index (κ3) is 2.65. The summed E-state index contributed by atoms with van der Waals surface area (Å²) >= 11 is 0. The summed E-state index contributed by atoms with van der Waals surface area (Å²) in [4.78, 5) is 8.90.